The van der Waals surface area contributed by atoms with E-state index >= 15 is 0 Å². The van der Waals surface area contributed by atoms with Crippen LogP contribution in [0.15, 0.2) is 72.6 Å². The number of amides is 1. The molecule has 10 heteroatoms. The third-order valence-corrected chi connectivity index (χ3v) is 5.84. The van der Waals surface area contributed by atoms with Crippen LogP contribution in [-0.4, -0.2) is 34.5 Å². The van der Waals surface area contributed by atoms with Crippen molar-refractivity contribution < 1.29 is 18.7 Å². The number of hydrazine groups is 1. The number of allylic oxidation sites excluding steroid dienone is 2. The Morgan fingerprint density at radius 1 is 1.11 bits per heavy atom. The molecule has 0 saturated carbocycles. The number of ether oxygens (including phenoxy) is 1. The molecule has 0 saturated heterocycles. The lowest BCUT2D eigenvalue weighted by molar-refractivity contribution is 0.0653. The molecule has 0 unspecified atom stereocenters. The maximum atomic E-state index is 13.3. The Kier molecular flexibility index (Phi) is 5.81. The van der Waals surface area contributed by atoms with Crippen LogP contribution in [0.3, 0.4) is 0 Å². The van der Waals surface area contributed by atoms with Gasteiger partial charge in [-0.1, -0.05) is 24.3 Å². The summed E-state index contributed by atoms with van der Waals surface area (Å²) in [6, 6.07) is 14.6. The van der Waals surface area contributed by atoms with Gasteiger partial charge in [0.15, 0.2) is 5.78 Å². The van der Waals surface area contributed by atoms with Crippen LogP contribution in [0.5, 0.6) is 0 Å². The third-order valence-electron chi connectivity index (χ3n) is 5.84. The number of fused-ring (bicyclic) bond motifs is 1. The summed E-state index contributed by atoms with van der Waals surface area (Å²) in [6.07, 6.45) is 3.56. The highest BCUT2D eigenvalue weighted by molar-refractivity contribution is 6.07. The van der Waals surface area contributed by atoms with Crippen molar-refractivity contribution in [2.45, 2.75) is 6.61 Å². The first-order chi connectivity index (χ1) is 16.9. The molecule has 0 fully saturated rings. The van der Waals surface area contributed by atoms with Crippen molar-refractivity contribution in [3.05, 3.63) is 101 Å². The Balaban J connectivity index is 1.55. The van der Waals surface area contributed by atoms with Crippen LogP contribution < -0.4 is 22.3 Å². The molecule has 0 radical (unpaired) electrons. The zero-order valence-corrected chi connectivity index (χ0v) is 18.6. The molecule has 5 rings (SSSR count). The minimum absolute atomic E-state index is 0.0373. The summed E-state index contributed by atoms with van der Waals surface area (Å²) >= 11 is 0. The predicted octanol–water partition coefficient (Wildman–Crippen LogP) is 2.64. The van der Waals surface area contributed by atoms with Gasteiger partial charge in [-0.2, -0.15) is 0 Å². The number of benzene rings is 2. The summed E-state index contributed by atoms with van der Waals surface area (Å²) in [6.45, 7) is 0.510. The van der Waals surface area contributed by atoms with Crippen LogP contribution in [0.25, 0.3) is 5.57 Å². The number of hydrogen-bond acceptors (Lipinski definition) is 7. The smallest absolute Gasteiger partial charge is 0.273 e. The second-order valence-corrected chi connectivity index (χ2v) is 8.07. The average molecular weight is 474 g/mol. The Hall–Kier alpha value is -4.41. The van der Waals surface area contributed by atoms with Gasteiger partial charge >= 0.3 is 0 Å². The number of Topliss-reactive ketones (excluding diaryl/α,β-unsaturated/α-hetero) is 1. The zero-order valence-electron chi connectivity index (χ0n) is 18.6. The lowest BCUT2D eigenvalue weighted by atomic mass is 10.0. The molecule has 9 nitrogen and oxygen atoms in total. The molecular formula is C25H23FN6O3. The fourth-order valence-electron chi connectivity index (χ4n) is 4.15. The molecule has 0 spiro atoms. The quantitative estimate of drug-likeness (QED) is 0.254. The second kappa shape index (κ2) is 9.09. The number of halogens is 1. The van der Waals surface area contributed by atoms with E-state index in [4.69, 9.17) is 16.4 Å². The van der Waals surface area contributed by atoms with Gasteiger partial charge in [-0.15, -0.1) is 0 Å². The van der Waals surface area contributed by atoms with E-state index in [-0.39, 0.29) is 24.6 Å². The highest BCUT2D eigenvalue weighted by Gasteiger charge is 2.32. The lowest BCUT2D eigenvalue weighted by Crippen LogP contribution is -2.42. The van der Waals surface area contributed by atoms with Gasteiger partial charge in [-0.05, 0) is 42.5 Å². The molecule has 178 valence electrons. The molecule has 0 aliphatic carbocycles. The molecular weight excluding hydrogens is 451 g/mol. The Labute approximate surface area is 200 Å². The average Bonchev–Trinajstić information content (AvgIpc) is 3.16. The second-order valence-electron chi connectivity index (χ2n) is 8.07. The number of nitrogen functional groups attached to an aromatic ring is 1. The molecule has 0 bridgehead atoms. The van der Waals surface area contributed by atoms with Crippen molar-refractivity contribution in [3.63, 3.8) is 0 Å². The van der Waals surface area contributed by atoms with E-state index in [2.05, 4.69) is 10.6 Å². The van der Waals surface area contributed by atoms with Gasteiger partial charge in [0.2, 0.25) is 0 Å². The van der Waals surface area contributed by atoms with Gasteiger partial charge in [0.25, 0.3) is 5.91 Å². The molecule has 2 aliphatic rings. The van der Waals surface area contributed by atoms with Crippen molar-refractivity contribution in [1.82, 2.24) is 15.0 Å². The van der Waals surface area contributed by atoms with Gasteiger partial charge in [0, 0.05) is 23.4 Å². The monoisotopic (exact) mass is 474 g/mol. The number of hydrogen-bond donors (Lipinski definition) is 4. The minimum Gasteiger partial charge on any atom is -0.367 e. The SMILES string of the molecule is NN(C(=O)c1ccc(F)cc1)C1=CC(c2c(Nc3ccccc3)c3c(n2N)COCC3=O)=CCN1. The highest BCUT2D eigenvalue weighted by Crippen LogP contribution is 2.38. The summed E-state index contributed by atoms with van der Waals surface area (Å²) in [4.78, 5) is 25.7. The van der Waals surface area contributed by atoms with Gasteiger partial charge in [-0.25, -0.2) is 15.2 Å². The maximum absolute atomic E-state index is 13.3. The molecule has 35 heavy (non-hydrogen) atoms. The van der Waals surface area contributed by atoms with Crippen LogP contribution in [0.2, 0.25) is 0 Å². The molecule has 3 heterocycles. The Morgan fingerprint density at radius 2 is 1.86 bits per heavy atom. The first-order valence-electron chi connectivity index (χ1n) is 10.9. The number of rotatable bonds is 5. The minimum atomic E-state index is -0.515. The molecule has 2 aliphatic heterocycles. The molecule has 3 aromatic rings. The fourth-order valence-corrected chi connectivity index (χ4v) is 4.15. The molecule has 1 aromatic heterocycles. The van der Waals surface area contributed by atoms with Crippen molar-refractivity contribution in [3.8, 4) is 0 Å². The first-order valence-corrected chi connectivity index (χ1v) is 10.9. The third kappa shape index (κ3) is 4.16. The first kappa shape index (κ1) is 22.4. The number of dihydropyridines is 1. The van der Waals surface area contributed by atoms with E-state index in [1.807, 2.05) is 36.4 Å². The zero-order chi connectivity index (χ0) is 24.5. The number of nitrogens with zero attached hydrogens (tertiary/aromatic N) is 2. The molecule has 2 aromatic carbocycles. The summed E-state index contributed by atoms with van der Waals surface area (Å²) in [7, 11) is 0. The van der Waals surface area contributed by atoms with Gasteiger partial charge in [0.05, 0.1) is 29.2 Å². The van der Waals surface area contributed by atoms with Crippen molar-refractivity contribution in [2.75, 3.05) is 24.3 Å². The van der Waals surface area contributed by atoms with Gasteiger partial charge in [-0.3, -0.25) is 14.3 Å². The van der Waals surface area contributed by atoms with E-state index in [9.17, 15) is 14.0 Å². The topological polar surface area (TPSA) is 128 Å². The van der Waals surface area contributed by atoms with Crippen LogP contribution in [0.4, 0.5) is 15.8 Å². The van der Waals surface area contributed by atoms with Gasteiger partial charge < -0.3 is 21.2 Å². The van der Waals surface area contributed by atoms with Gasteiger partial charge in [0.1, 0.15) is 18.2 Å². The number of nitrogens with one attached hydrogen (secondary N) is 2. The van der Waals surface area contributed by atoms with E-state index in [0.717, 1.165) is 10.7 Å². The number of aromatic nitrogens is 1. The molecule has 0 atom stereocenters. The number of carbonyl (C=O) groups is 2. The van der Waals surface area contributed by atoms with Crippen molar-refractivity contribution >= 4 is 28.6 Å². The predicted molar refractivity (Wildman–Crippen MR) is 129 cm³/mol. The molecule has 6 N–H and O–H groups in total. The van der Waals surface area contributed by atoms with E-state index in [1.54, 1.807) is 6.08 Å². The summed E-state index contributed by atoms with van der Waals surface area (Å²) < 4.78 is 20.1. The molecule has 1 amide bonds. The Bertz CT molecular complexity index is 1360. The van der Waals surface area contributed by atoms with Crippen LogP contribution in [-0.2, 0) is 11.3 Å². The van der Waals surface area contributed by atoms with Crippen LogP contribution in [0.1, 0.15) is 32.1 Å². The fraction of sp³-hybridized carbons (Fsp3) is 0.120. The summed E-state index contributed by atoms with van der Waals surface area (Å²) in [5.41, 5.74) is 3.81. The van der Waals surface area contributed by atoms with E-state index in [0.29, 0.717) is 40.6 Å². The standard InChI is InChI=1S/C25H23FN6O3/c26-17-8-6-15(7-9-17)25(34)32(28)21-12-16(10-11-29-21)24-23(30-18-4-2-1-3-5-18)22-19(31(24)27)13-35-14-20(22)33/h1-10,12,29-30H,11,13-14,27-28H2. The normalized spacial score (nSPS) is 15.0. The Morgan fingerprint density at radius 3 is 2.60 bits per heavy atom. The van der Waals surface area contributed by atoms with Crippen LogP contribution in [0, 0.1) is 5.82 Å². The summed E-state index contributed by atoms with van der Waals surface area (Å²) in [5.74, 6) is 11.8. The highest BCUT2D eigenvalue weighted by atomic mass is 19.1. The van der Waals surface area contributed by atoms with Crippen molar-refractivity contribution in [2.24, 2.45) is 5.84 Å². The van der Waals surface area contributed by atoms with E-state index < -0.39 is 11.7 Å². The van der Waals surface area contributed by atoms with Crippen LogP contribution >= 0.6 is 0 Å². The summed E-state index contributed by atoms with van der Waals surface area (Å²) in [5, 5.41) is 7.36. The lowest BCUT2D eigenvalue weighted by Gasteiger charge is -2.25. The van der Waals surface area contributed by atoms with E-state index in [1.165, 1.54) is 28.9 Å². The van der Waals surface area contributed by atoms with Crippen molar-refractivity contribution in [1.29, 1.82) is 0 Å². The number of carbonyl (C=O) groups excluding carboxylic acids is 2. The number of para-hydroxylation sites is 1. The number of ketones is 1. The number of nitrogens with two attached hydrogens (primary N) is 2. The maximum Gasteiger partial charge on any atom is 0.273 e. The largest absolute Gasteiger partial charge is 0.367 e. The number of anilines is 2.